The van der Waals surface area contributed by atoms with Gasteiger partial charge in [0.2, 0.25) is 0 Å². The summed E-state index contributed by atoms with van der Waals surface area (Å²) in [5.41, 5.74) is 2.95. The lowest BCUT2D eigenvalue weighted by Crippen LogP contribution is -2.07. The Morgan fingerprint density at radius 3 is 2.81 bits per heavy atom. The van der Waals surface area contributed by atoms with Crippen molar-refractivity contribution in [2.75, 3.05) is 7.05 Å². The predicted molar refractivity (Wildman–Crippen MR) is 82.3 cm³/mol. The van der Waals surface area contributed by atoms with Gasteiger partial charge in [0.1, 0.15) is 23.7 Å². The molecule has 0 amide bonds. The van der Waals surface area contributed by atoms with E-state index in [2.05, 4.69) is 16.4 Å². The summed E-state index contributed by atoms with van der Waals surface area (Å²) in [6.45, 7) is 3.11. The van der Waals surface area contributed by atoms with Crippen LogP contribution in [0.1, 0.15) is 17.0 Å². The van der Waals surface area contributed by atoms with Crippen LogP contribution < -0.4 is 10.1 Å². The molecule has 0 aliphatic carbocycles. The topological polar surface area (TPSA) is 47.3 Å². The normalized spacial score (nSPS) is 11.0. The fourth-order valence-electron chi connectivity index (χ4n) is 2.31. The van der Waals surface area contributed by atoms with E-state index in [1.54, 1.807) is 6.20 Å². The molecule has 2 heterocycles. The van der Waals surface area contributed by atoms with E-state index in [-0.39, 0.29) is 0 Å². The molecular formula is C17H18N2O2. The van der Waals surface area contributed by atoms with E-state index < -0.39 is 0 Å². The monoisotopic (exact) mass is 282 g/mol. The second-order valence-corrected chi connectivity index (χ2v) is 4.95. The number of nitrogens with zero attached hydrogens (tertiary/aromatic N) is 1. The summed E-state index contributed by atoms with van der Waals surface area (Å²) in [6, 6.07) is 11.9. The van der Waals surface area contributed by atoms with Gasteiger partial charge in [-0.05, 0) is 32.2 Å². The first-order valence-electron chi connectivity index (χ1n) is 6.97. The Balaban J connectivity index is 1.87. The summed E-state index contributed by atoms with van der Waals surface area (Å²) in [4.78, 5) is 4.24. The standard InChI is InChI=1S/C17H18N2O2/c1-12-7-8-13(9-19-12)20-11-15-14-5-3-4-6-16(14)21-17(15)10-18-2/h3-9,18H,10-11H2,1-2H3. The summed E-state index contributed by atoms with van der Waals surface area (Å²) in [5, 5.41) is 4.23. The first-order valence-corrected chi connectivity index (χ1v) is 6.97. The third-order valence-electron chi connectivity index (χ3n) is 3.39. The highest BCUT2D eigenvalue weighted by Crippen LogP contribution is 2.27. The number of para-hydroxylation sites is 1. The maximum Gasteiger partial charge on any atom is 0.138 e. The number of aromatic nitrogens is 1. The molecule has 0 saturated heterocycles. The lowest BCUT2D eigenvalue weighted by atomic mass is 10.1. The van der Waals surface area contributed by atoms with Crippen LogP contribution in [-0.4, -0.2) is 12.0 Å². The van der Waals surface area contributed by atoms with E-state index in [1.165, 1.54) is 0 Å². The summed E-state index contributed by atoms with van der Waals surface area (Å²) in [7, 11) is 1.90. The molecule has 3 rings (SSSR count). The van der Waals surface area contributed by atoms with Crippen molar-refractivity contribution >= 4 is 11.0 Å². The maximum atomic E-state index is 5.89. The highest BCUT2D eigenvalue weighted by Gasteiger charge is 2.13. The van der Waals surface area contributed by atoms with Gasteiger partial charge >= 0.3 is 0 Å². The largest absolute Gasteiger partial charge is 0.487 e. The Bertz CT molecular complexity index is 732. The maximum absolute atomic E-state index is 5.89. The molecule has 2 aromatic heterocycles. The number of benzene rings is 1. The van der Waals surface area contributed by atoms with Crippen LogP contribution in [0, 0.1) is 6.92 Å². The minimum absolute atomic E-state index is 0.471. The Morgan fingerprint density at radius 2 is 2.05 bits per heavy atom. The SMILES string of the molecule is CNCc1oc2ccccc2c1COc1ccc(C)nc1. The van der Waals surface area contributed by atoms with Crippen LogP contribution in [0.25, 0.3) is 11.0 Å². The Labute approximate surface area is 123 Å². The molecule has 0 fully saturated rings. The highest BCUT2D eigenvalue weighted by atomic mass is 16.5. The minimum atomic E-state index is 0.471. The van der Waals surface area contributed by atoms with Gasteiger partial charge in [0.15, 0.2) is 0 Å². The molecular weight excluding hydrogens is 264 g/mol. The van der Waals surface area contributed by atoms with Gasteiger partial charge < -0.3 is 14.5 Å². The first kappa shape index (κ1) is 13.6. The third kappa shape index (κ3) is 2.90. The molecule has 3 aromatic rings. The van der Waals surface area contributed by atoms with Crippen LogP contribution in [0.5, 0.6) is 5.75 Å². The zero-order chi connectivity index (χ0) is 14.7. The van der Waals surface area contributed by atoms with Crippen molar-refractivity contribution in [1.29, 1.82) is 0 Å². The van der Waals surface area contributed by atoms with Gasteiger partial charge in [0.25, 0.3) is 0 Å². The molecule has 0 atom stereocenters. The van der Waals surface area contributed by atoms with Crippen LogP contribution in [-0.2, 0) is 13.2 Å². The molecule has 4 heteroatoms. The van der Waals surface area contributed by atoms with E-state index in [0.717, 1.165) is 33.7 Å². The van der Waals surface area contributed by atoms with Gasteiger partial charge in [0, 0.05) is 16.6 Å². The molecule has 0 bridgehead atoms. The summed E-state index contributed by atoms with van der Waals surface area (Å²) in [6.07, 6.45) is 1.75. The number of hydrogen-bond donors (Lipinski definition) is 1. The quantitative estimate of drug-likeness (QED) is 0.778. The van der Waals surface area contributed by atoms with Crippen LogP contribution in [0.15, 0.2) is 47.0 Å². The lowest BCUT2D eigenvalue weighted by molar-refractivity contribution is 0.301. The number of hydrogen-bond acceptors (Lipinski definition) is 4. The van der Waals surface area contributed by atoms with Gasteiger partial charge in [-0.1, -0.05) is 18.2 Å². The van der Waals surface area contributed by atoms with Gasteiger partial charge in [-0.25, -0.2) is 0 Å². The number of aryl methyl sites for hydroxylation is 1. The Hall–Kier alpha value is -2.33. The van der Waals surface area contributed by atoms with Crippen LogP contribution in [0.2, 0.25) is 0 Å². The zero-order valence-electron chi connectivity index (χ0n) is 12.2. The van der Waals surface area contributed by atoms with Gasteiger partial charge in [-0.2, -0.15) is 0 Å². The summed E-state index contributed by atoms with van der Waals surface area (Å²) >= 11 is 0. The van der Waals surface area contributed by atoms with Crippen molar-refractivity contribution in [2.45, 2.75) is 20.1 Å². The van der Waals surface area contributed by atoms with E-state index >= 15 is 0 Å². The van der Waals surface area contributed by atoms with Crippen molar-refractivity contribution in [3.63, 3.8) is 0 Å². The van der Waals surface area contributed by atoms with E-state index in [9.17, 15) is 0 Å². The molecule has 4 nitrogen and oxygen atoms in total. The third-order valence-corrected chi connectivity index (χ3v) is 3.39. The van der Waals surface area contributed by atoms with Crippen LogP contribution in [0.3, 0.4) is 0 Å². The molecule has 1 aromatic carbocycles. The number of pyridine rings is 1. The molecule has 0 saturated carbocycles. The molecule has 108 valence electrons. The average molecular weight is 282 g/mol. The lowest BCUT2D eigenvalue weighted by Gasteiger charge is -2.07. The Kier molecular flexibility index (Phi) is 3.88. The number of ether oxygens (including phenoxy) is 1. The van der Waals surface area contributed by atoms with Crippen LogP contribution in [0.4, 0.5) is 0 Å². The predicted octanol–water partition coefficient (Wildman–Crippen LogP) is 3.43. The van der Waals surface area contributed by atoms with E-state index in [1.807, 2.05) is 44.3 Å². The molecule has 0 spiro atoms. The fourth-order valence-corrected chi connectivity index (χ4v) is 2.31. The second-order valence-electron chi connectivity index (χ2n) is 4.95. The Morgan fingerprint density at radius 1 is 1.19 bits per heavy atom. The van der Waals surface area contributed by atoms with E-state index in [0.29, 0.717) is 13.2 Å². The number of furan rings is 1. The molecule has 1 N–H and O–H groups in total. The highest BCUT2D eigenvalue weighted by molar-refractivity contribution is 5.82. The average Bonchev–Trinajstić information content (AvgIpc) is 2.85. The summed E-state index contributed by atoms with van der Waals surface area (Å²) < 4.78 is 11.7. The van der Waals surface area contributed by atoms with Gasteiger partial charge in [-0.15, -0.1) is 0 Å². The van der Waals surface area contributed by atoms with Gasteiger partial charge in [0.05, 0.1) is 12.7 Å². The molecule has 21 heavy (non-hydrogen) atoms. The number of fused-ring (bicyclic) bond motifs is 1. The second kappa shape index (κ2) is 5.97. The van der Waals surface area contributed by atoms with Crippen molar-refractivity contribution in [3.05, 3.63) is 59.6 Å². The molecule has 0 unspecified atom stereocenters. The molecule has 0 radical (unpaired) electrons. The van der Waals surface area contributed by atoms with Gasteiger partial charge in [-0.3, -0.25) is 4.98 Å². The molecule has 0 aliphatic rings. The van der Waals surface area contributed by atoms with Crippen molar-refractivity contribution in [2.24, 2.45) is 0 Å². The van der Waals surface area contributed by atoms with Crippen molar-refractivity contribution in [1.82, 2.24) is 10.3 Å². The molecule has 0 aliphatic heterocycles. The first-order chi connectivity index (χ1) is 10.3. The summed E-state index contributed by atoms with van der Waals surface area (Å²) in [5.74, 6) is 1.68. The number of nitrogens with one attached hydrogen (secondary N) is 1. The number of rotatable bonds is 5. The van der Waals surface area contributed by atoms with Crippen molar-refractivity contribution in [3.8, 4) is 5.75 Å². The van der Waals surface area contributed by atoms with E-state index in [4.69, 9.17) is 9.15 Å². The fraction of sp³-hybridized carbons (Fsp3) is 0.235. The van der Waals surface area contributed by atoms with Crippen LogP contribution >= 0.6 is 0 Å². The zero-order valence-corrected chi connectivity index (χ0v) is 12.2. The smallest absolute Gasteiger partial charge is 0.138 e. The van der Waals surface area contributed by atoms with Crippen molar-refractivity contribution < 1.29 is 9.15 Å². The minimum Gasteiger partial charge on any atom is -0.487 e.